The number of aromatic nitrogens is 3. The fourth-order valence-corrected chi connectivity index (χ4v) is 1.61. The van der Waals surface area contributed by atoms with Crippen LogP contribution < -0.4 is 10.6 Å². The summed E-state index contributed by atoms with van der Waals surface area (Å²) >= 11 is 0. The van der Waals surface area contributed by atoms with E-state index in [1.807, 2.05) is 37.4 Å². The summed E-state index contributed by atoms with van der Waals surface area (Å²) in [5.74, 6) is -0.196. The predicted octanol–water partition coefficient (Wildman–Crippen LogP) is 0.607. The third-order valence-corrected chi connectivity index (χ3v) is 2.60. The van der Waals surface area contributed by atoms with E-state index in [1.54, 1.807) is 0 Å². The van der Waals surface area contributed by atoms with Gasteiger partial charge in [-0.25, -0.2) is 0 Å². The van der Waals surface area contributed by atoms with Crippen molar-refractivity contribution in [1.29, 1.82) is 0 Å². The van der Waals surface area contributed by atoms with Crippen molar-refractivity contribution in [3.63, 3.8) is 0 Å². The summed E-state index contributed by atoms with van der Waals surface area (Å²) in [7, 11) is 1.88. The van der Waals surface area contributed by atoms with Crippen LogP contribution in [0.2, 0.25) is 0 Å². The lowest BCUT2D eigenvalue weighted by Gasteiger charge is -2.02. The van der Waals surface area contributed by atoms with E-state index in [-0.39, 0.29) is 5.91 Å². The molecule has 0 saturated carbocycles. The molecule has 1 aromatic heterocycles. The third-order valence-electron chi connectivity index (χ3n) is 2.60. The summed E-state index contributed by atoms with van der Waals surface area (Å²) in [6.07, 6.45) is 2.36. The number of carbonyl (C=O) groups is 1. The van der Waals surface area contributed by atoms with Crippen molar-refractivity contribution in [2.45, 2.75) is 6.42 Å². The van der Waals surface area contributed by atoms with Gasteiger partial charge in [-0.05, 0) is 32.1 Å². The zero-order chi connectivity index (χ0) is 13.5. The number of benzene rings is 1. The molecule has 2 N–H and O–H groups in total. The van der Waals surface area contributed by atoms with Gasteiger partial charge in [-0.15, -0.1) is 5.10 Å². The van der Waals surface area contributed by atoms with Crippen LogP contribution in [0.5, 0.6) is 0 Å². The van der Waals surface area contributed by atoms with Crippen LogP contribution in [0.25, 0.3) is 5.69 Å². The summed E-state index contributed by atoms with van der Waals surface area (Å²) in [4.78, 5) is 13.3. The number of nitrogens with one attached hydrogen (secondary N) is 2. The van der Waals surface area contributed by atoms with Crippen molar-refractivity contribution in [1.82, 2.24) is 25.6 Å². The average molecular weight is 259 g/mol. The summed E-state index contributed by atoms with van der Waals surface area (Å²) in [6.45, 7) is 1.49. The molecule has 6 nitrogen and oxygen atoms in total. The molecule has 0 aliphatic rings. The highest BCUT2D eigenvalue weighted by atomic mass is 16.2. The van der Waals surface area contributed by atoms with Gasteiger partial charge in [0, 0.05) is 6.54 Å². The van der Waals surface area contributed by atoms with Gasteiger partial charge in [0.2, 0.25) is 0 Å². The number of carbonyl (C=O) groups excluding carboxylic acids is 1. The normalized spacial score (nSPS) is 10.4. The Labute approximate surface area is 111 Å². The van der Waals surface area contributed by atoms with Crippen molar-refractivity contribution < 1.29 is 4.79 Å². The van der Waals surface area contributed by atoms with Crippen LogP contribution in [0.4, 0.5) is 0 Å². The Morgan fingerprint density at radius 3 is 2.79 bits per heavy atom. The van der Waals surface area contributed by atoms with E-state index < -0.39 is 0 Å². The van der Waals surface area contributed by atoms with Gasteiger partial charge in [0.1, 0.15) is 0 Å². The Balaban J connectivity index is 1.95. The molecule has 0 aliphatic carbocycles. The SMILES string of the molecule is CNCCCNC(=O)c1cnn(-c2ccccc2)n1. The van der Waals surface area contributed by atoms with Crippen molar-refractivity contribution in [3.05, 3.63) is 42.2 Å². The number of para-hydroxylation sites is 1. The Bertz CT molecular complexity index is 523. The number of nitrogens with zero attached hydrogens (tertiary/aromatic N) is 3. The molecule has 2 aromatic rings. The van der Waals surface area contributed by atoms with Gasteiger partial charge in [0.05, 0.1) is 11.9 Å². The minimum atomic E-state index is -0.196. The number of hydrogen-bond acceptors (Lipinski definition) is 4. The van der Waals surface area contributed by atoms with Gasteiger partial charge >= 0.3 is 0 Å². The van der Waals surface area contributed by atoms with E-state index in [4.69, 9.17) is 0 Å². The maximum atomic E-state index is 11.8. The van der Waals surface area contributed by atoms with Crippen LogP contribution in [0.1, 0.15) is 16.9 Å². The molecule has 0 bridgehead atoms. The summed E-state index contributed by atoms with van der Waals surface area (Å²) in [5.41, 5.74) is 1.16. The van der Waals surface area contributed by atoms with Crippen LogP contribution >= 0.6 is 0 Å². The van der Waals surface area contributed by atoms with E-state index in [9.17, 15) is 4.79 Å². The molecule has 0 spiro atoms. The second-order valence-corrected chi connectivity index (χ2v) is 4.07. The number of rotatable bonds is 6. The molecule has 0 unspecified atom stereocenters. The maximum absolute atomic E-state index is 11.8. The van der Waals surface area contributed by atoms with Crippen molar-refractivity contribution >= 4 is 5.91 Å². The standard InChI is InChI=1S/C13H17N5O/c1-14-8-5-9-15-13(19)12-10-16-18(17-12)11-6-3-2-4-7-11/h2-4,6-7,10,14H,5,8-9H2,1H3,(H,15,19). The largest absolute Gasteiger partial charge is 0.351 e. The summed E-state index contributed by atoms with van der Waals surface area (Å²) in [6, 6.07) is 9.48. The topological polar surface area (TPSA) is 71.8 Å². The van der Waals surface area contributed by atoms with E-state index in [2.05, 4.69) is 20.8 Å². The van der Waals surface area contributed by atoms with Crippen molar-refractivity contribution in [2.24, 2.45) is 0 Å². The Hall–Kier alpha value is -2.21. The van der Waals surface area contributed by atoms with Crippen LogP contribution in [0, 0.1) is 0 Å². The molecule has 0 atom stereocenters. The summed E-state index contributed by atoms with van der Waals surface area (Å²) in [5, 5.41) is 14.1. The fraction of sp³-hybridized carbons (Fsp3) is 0.308. The molecular weight excluding hydrogens is 242 g/mol. The zero-order valence-electron chi connectivity index (χ0n) is 10.8. The van der Waals surface area contributed by atoms with E-state index >= 15 is 0 Å². The molecule has 0 radical (unpaired) electrons. The van der Waals surface area contributed by atoms with E-state index in [0.29, 0.717) is 12.2 Å². The highest BCUT2D eigenvalue weighted by Gasteiger charge is 2.10. The first-order valence-electron chi connectivity index (χ1n) is 6.22. The Morgan fingerprint density at radius 2 is 2.05 bits per heavy atom. The number of amides is 1. The fourth-order valence-electron chi connectivity index (χ4n) is 1.61. The quantitative estimate of drug-likeness (QED) is 0.745. The van der Waals surface area contributed by atoms with Crippen LogP contribution in [-0.4, -0.2) is 41.0 Å². The molecule has 0 fully saturated rings. The van der Waals surface area contributed by atoms with Crippen molar-refractivity contribution in [2.75, 3.05) is 20.1 Å². The zero-order valence-corrected chi connectivity index (χ0v) is 10.8. The molecule has 1 aromatic carbocycles. The second kappa shape index (κ2) is 6.65. The molecule has 1 amide bonds. The first-order valence-corrected chi connectivity index (χ1v) is 6.22. The molecule has 0 aliphatic heterocycles. The molecule has 0 saturated heterocycles. The summed E-state index contributed by atoms with van der Waals surface area (Å²) < 4.78 is 0. The van der Waals surface area contributed by atoms with Gasteiger partial charge in [0.25, 0.3) is 5.91 Å². The molecule has 1 heterocycles. The molecule has 19 heavy (non-hydrogen) atoms. The lowest BCUT2D eigenvalue weighted by molar-refractivity contribution is 0.0948. The van der Waals surface area contributed by atoms with Crippen LogP contribution in [-0.2, 0) is 0 Å². The minimum Gasteiger partial charge on any atom is -0.351 e. The van der Waals surface area contributed by atoms with Crippen LogP contribution in [0.15, 0.2) is 36.5 Å². The average Bonchev–Trinajstić information content (AvgIpc) is 2.94. The van der Waals surface area contributed by atoms with E-state index in [0.717, 1.165) is 18.7 Å². The van der Waals surface area contributed by atoms with E-state index in [1.165, 1.54) is 11.0 Å². The third kappa shape index (κ3) is 3.62. The van der Waals surface area contributed by atoms with Crippen LogP contribution in [0.3, 0.4) is 0 Å². The number of hydrogen-bond donors (Lipinski definition) is 2. The molecule has 2 rings (SSSR count). The second-order valence-electron chi connectivity index (χ2n) is 4.07. The lowest BCUT2D eigenvalue weighted by Crippen LogP contribution is -2.27. The van der Waals surface area contributed by atoms with Crippen molar-refractivity contribution in [3.8, 4) is 5.69 Å². The van der Waals surface area contributed by atoms with Gasteiger partial charge < -0.3 is 10.6 Å². The van der Waals surface area contributed by atoms with Gasteiger partial charge in [0.15, 0.2) is 5.69 Å². The first-order chi connectivity index (χ1) is 9.31. The monoisotopic (exact) mass is 259 g/mol. The smallest absolute Gasteiger partial charge is 0.273 e. The molecule has 6 heteroatoms. The lowest BCUT2D eigenvalue weighted by atomic mass is 10.3. The highest BCUT2D eigenvalue weighted by Crippen LogP contribution is 2.03. The van der Waals surface area contributed by atoms with Gasteiger partial charge in [-0.1, -0.05) is 18.2 Å². The highest BCUT2D eigenvalue weighted by molar-refractivity contribution is 5.91. The Kier molecular flexibility index (Phi) is 4.63. The van der Waals surface area contributed by atoms with Gasteiger partial charge in [-0.2, -0.15) is 9.90 Å². The molecular formula is C13H17N5O. The molecule has 100 valence electrons. The van der Waals surface area contributed by atoms with Gasteiger partial charge in [-0.3, -0.25) is 4.79 Å². The maximum Gasteiger partial charge on any atom is 0.273 e. The minimum absolute atomic E-state index is 0.196. The Morgan fingerprint density at radius 1 is 1.26 bits per heavy atom. The first kappa shape index (κ1) is 13.2. The predicted molar refractivity (Wildman–Crippen MR) is 72.2 cm³/mol.